The monoisotopic (exact) mass is 300 g/mol. The van der Waals surface area contributed by atoms with Gasteiger partial charge in [0.15, 0.2) is 0 Å². The Morgan fingerprint density at radius 3 is 2.45 bits per heavy atom. The number of carbonyl (C=O) groups is 2. The lowest BCUT2D eigenvalue weighted by molar-refractivity contribution is -0.117. The normalized spacial score (nSPS) is 10.5. The Bertz CT molecular complexity index is 686. The van der Waals surface area contributed by atoms with Crippen LogP contribution in [0.2, 0.25) is 0 Å². The van der Waals surface area contributed by atoms with Crippen molar-refractivity contribution in [3.8, 4) is 5.75 Å². The molecule has 22 heavy (non-hydrogen) atoms. The van der Waals surface area contributed by atoms with Crippen molar-refractivity contribution in [3.63, 3.8) is 0 Å². The average molecular weight is 300 g/mol. The number of nitrogens with one attached hydrogen (secondary N) is 2. The molecule has 0 aliphatic heterocycles. The predicted molar refractivity (Wildman–Crippen MR) is 81.1 cm³/mol. The predicted octanol–water partition coefficient (Wildman–Crippen LogP) is 2.07. The second-order valence-electron chi connectivity index (χ2n) is 4.44. The van der Waals surface area contributed by atoms with Crippen LogP contribution in [-0.4, -0.2) is 18.9 Å². The SMILES string of the molecule is COc1ccc(C=CC(=O)NNC(=O)c2ccoc2C)cc1. The van der Waals surface area contributed by atoms with Crippen molar-refractivity contribution in [2.24, 2.45) is 0 Å². The molecular formula is C16H16N2O4. The fourth-order valence-electron chi connectivity index (χ4n) is 1.73. The van der Waals surface area contributed by atoms with Crippen molar-refractivity contribution in [3.05, 3.63) is 59.6 Å². The largest absolute Gasteiger partial charge is 0.497 e. The summed E-state index contributed by atoms with van der Waals surface area (Å²) < 4.78 is 10.1. The number of furan rings is 1. The molecule has 1 heterocycles. The van der Waals surface area contributed by atoms with Crippen molar-refractivity contribution in [2.45, 2.75) is 6.92 Å². The molecule has 0 unspecified atom stereocenters. The summed E-state index contributed by atoms with van der Waals surface area (Å²) in [4.78, 5) is 23.4. The number of carbonyl (C=O) groups excluding carboxylic acids is 2. The van der Waals surface area contributed by atoms with Crippen LogP contribution in [-0.2, 0) is 4.79 Å². The molecule has 0 saturated carbocycles. The third-order valence-corrected chi connectivity index (χ3v) is 2.95. The number of amides is 2. The molecule has 2 amide bonds. The number of ether oxygens (including phenoxy) is 1. The number of hydrogen-bond donors (Lipinski definition) is 2. The molecule has 0 aliphatic rings. The number of rotatable bonds is 4. The Kier molecular flexibility index (Phi) is 4.98. The van der Waals surface area contributed by atoms with Gasteiger partial charge in [0.1, 0.15) is 11.5 Å². The minimum absolute atomic E-state index is 0.374. The molecule has 0 spiro atoms. The molecule has 0 saturated heterocycles. The zero-order valence-corrected chi connectivity index (χ0v) is 12.3. The number of hydrazine groups is 1. The first-order chi connectivity index (χ1) is 10.6. The molecule has 0 aliphatic carbocycles. The van der Waals surface area contributed by atoms with Gasteiger partial charge in [0.05, 0.1) is 18.9 Å². The topological polar surface area (TPSA) is 80.6 Å². The first kappa shape index (κ1) is 15.4. The van der Waals surface area contributed by atoms with Crippen LogP contribution >= 0.6 is 0 Å². The maximum absolute atomic E-state index is 11.8. The van der Waals surface area contributed by atoms with Crippen LogP contribution in [0.15, 0.2) is 47.1 Å². The maximum Gasteiger partial charge on any atom is 0.273 e. The van der Waals surface area contributed by atoms with E-state index in [9.17, 15) is 9.59 Å². The Morgan fingerprint density at radius 2 is 1.86 bits per heavy atom. The van der Waals surface area contributed by atoms with E-state index < -0.39 is 11.8 Å². The highest BCUT2D eigenvalue weighted by molar-refractivity contribution is 5.98. The van der Waals surface area contributed by atoms with Gasteiger partial charge >= 0.3 is 0 Å². The van der Waals surface area contributed by atoms with E-state index in [2.05, 4.69) is 10.9 Å². The number of aryl methyl sites for hydroxylation is 1. The number of benzene rings is 1. The second kappa shape index (κ2) is 7.12. The molecule has 1 aromatic carbocycles. The number of hydrogen-bond acceptors (Lipinski definition) is 4. The first-order valence-electron chi connectivity index (χ1n) is 6.56. The molecule has 2 aromatic rings. The van der Waals surface area contributed by atoms with Gasteiger partial charge in [-0.2, -0.15) is 0 Å². The van der Waals surface area contributed by atoms with Gasteiger partial charge in [-0.05, 0) is 36.8 Å². The highest BCUT2D eigenvalue weighted by atomic mass is 16.5. The summed E-state index contributed by atoms with van der Waals surface area (Å²) in [5, 5.41) is 0. The van der Waals surface area contributed by atoms with Crippen molar-refractivity contribution in [1.29, 1.82) is 0 Å². The van der Waals surface area contributed by atoms with E-state index in [1.165, 1.54) is 18.4 Å². The summed E-state index contributed by atoms with van der Waals surface area (Å²) in [6.07, 6.45) is 4.37. The minimum atomic E-state index is -0.440. The van der Waals surface area contributed by atoms with Crippen molar-refractivity contribution in [2.75, 3.05) is 7.11 Å². The van der Waals surface area contributed by atoms with Gasteiger partial charge in [0, 0.05) is 6.08 Å². The molecule has 114 valence electrons. The third kappa shape index (κ3) is 3.99. The summed E-state index contributed by atoms with van der Waals surface area (Å²) >= 11 is 0. The third-order valence-electron chi connectivity index (χ3n) is 2.95. The molecule has 1 aromatic heterocycles. The molecule has 0 fully saturated rings. The standard InChI is InChI=1S/C16H16N2O4/c1-11-14(9-10-22-11)16(20)18-17-15(19)8-5-12-3-6-13(21-2)7-4-12/h3-10H,1-2H3,(H,17,19)(H,18,20). The van der Waals surface area contributed by atoms with E-state index in [1.54, 1.807) is 32.2 Å². The maximum atomic E-state index is 11.8. The Labute approximate surface area is 127 Å². The zero-order valence-electron chi connectivity index (χ0n) is 12.3. The zero-order chi connectivity index (χ0) is 15.9. The summed E-state index contributed by atoms with van der Waals surface area (Å²) in [7, 11) is 1.59. The molecule has 0 radical (unpaired) electrons. The number of methoxy groups -OCH3 is 1. The fraction of sp³-hybridized carbons (Fsp3) is 0.125. The fourth-order valence-corrected chi connectivity index (χ4v) is 1.73. The van der Waals surface area contributed by atoms with Crippen molar-refractivity contribution in [1.82, 2.24) is 10.9 Å². The van der Waals surface area contributed by atoms with E-state index in [4.69, 9.17) is 9.15 Å². The van der Waals surface area contributed by atoms with Gasteiger partial charge in [-0.25, -0.2) is 0 Å². The summed E-state index contributed by atoms with van der Waals surface area (Å²) in [5.74, 6) is 0.354. The van der Waals surface area contributed by atoms with E-state index in [0.717, 1.165) is 11.3 Å². The van der Waals surface area contributed by atoms with Gasteiger partial charge in [-0.3, -0.25) is 20.4 Å². The van der Waals surface area contributed by atoms with Crippen LogP contribution in [0.4, 0.5) is 0 Å². The van der Waals surface area contributed by atoms with E-state index >= 15 is 0 Å². The molecular weight excluding hydrogens is 284 g/mol. The lowest BCUT2D eigenvalue weighted by Gasteiger charge is -2.04. The van der Waals surface area contributed by atoms with Crippen LogP contribution in [0.5, 0.6) is 5.75 Å². The van der Waals surface area contributed by atoms with Crippen LogP contribution in [0, 0.1) is 6.92 Å². The smallest absolute Gasteiger partial charge is 0.273 e. The van der Waals surface area contributed by atoms with Gasteiger partial charge < -0.3 is 9.15 Å². The minimum Gasteiger partial charge on any atom is -0.497 e. The van der Waals surface area contributed by atoms with Crippen LogP contribution in [0.25, 0.3) is 6.08 Å². The first-order valence-corrected chi connectivity index (χ1v) is 6.56. The van der Waals surface area contributed by atoms with Gasteiger partial charge in [0.25, 0.3) is 11.8 Å². The van der Waals surface area contributed by atoms with Crippen LogP contribution in [0.1, 0.15) is 21.7 Å². The molecule has 2 rings (SSSR count). The van der Waals surface area contributed by atoms with Crippen LogP contribution in [0.3, 0.4) is 0 Å². The molecule has 0 bridgehead atoms. The second-order valence-corrected chi connectivity index (χ2v) is 4.44. The van der Waals surface area contributed by atoms with Gasteiger partial charge in [-0.15, -0.1) is 0 Å². The Hall–Kier alpha value is -3.02. The molecule has 0 atom stereocenters. The lowest BCUT2D eigenvalue weighted by Crippen LogP contribution is -2.40. The van der Waals surface area contributed by atoms with E-state index in [0.29, 0.717) is 11.3 Å². The van der Waals surface area contributed by atoms with Gasteiger partial charge in [-0.1, -0.05) is 12.1 Å². The molecule has 6 nitrogen and oxygen atoms in total. The summed E-state index contributed by atoms with van der Waals surface area (Å²) in [6.45, 7) is 1.67. The van der Waals surface area contributed by atoms with Crippen LogP contribution < -0.4 is 15.6 Å². The van der Waals surface area contributed by atoms with Crippen molar-refractivity contribution < 1.29 is 18.7 Å². The average Bonchev–Trinajstić information content (AvgIpc) is 2.97. The quantitative estimate of drug-likeness (QED) is 0.669. The van der Waals surface area contributed by atoms with E-state index in [-0.39, 0.29) is 0 Å². The lowest BCUT2D eigenvalue weighted by atomic mass is 10.2. The highest BCUT2D eigenvalue weighted by Gasteiger charge is 2.11. The summed E-state index contributed by atoms with van der Waals surface area (Å²) in [6, 6.07) is 8.75. The Balaban J connectivity index is 1.86. The Morgan fingerprint density at radius 1 is 1.14 bits per heavy atom. The molecule has 2 N–H and O–H groups in total. The van der Waals surface area contributed by atoms with Crippen molar-refractivity contribution >= 4 is 17.9 Å². The van der Waals surface area contributed by atoms with E-state index in [1.807, 2.05) is 12.1 Å². The van der Waals surface area contributed by atoms with Gasteiger partial charge in [0.2, 0.25) is 0 Å². The summed E-state index contributed by atoms with van der Waals surface area (Å²) in [5.41, 5.74) is 5.82. The highest BCUT2D eigenvalue weighted by Crippen LogP contribution is 2.12. The molecule has 6 heteroatoms.